The number of nitrogens with zero attached hydrogens (tertiary/aromatic N) is 3. The maximum atomic E-state index is 13.1. The third-order valence-corrected chi connectivity index (χ3v) is 7.50. The van der Waals surface area contributed by atoms with Crippen LogP contribution in [0.4, 0.5) is 0 Å². The zero-order valence-electron chi connectivity index (χ0n) is 19.1. The SMILES string of the molecule is Cc1nc(COc2ccc(Cl)cc2)sc1C(=O)N1CCC(CN2CC(C)OC(C)C2)CC1. The molecule has 0 aliphatic carbocycles. The summed E-state index contributed by atoms with van der Waals surface area (Å²) >= 11 is 7.35. The van der Waals surface area contributed by atoms with Crippen molar-refractivity contribution in [3.8, 4) is 5.75 Å². The van der Waals surface area contributed by atoms with Crippen LogP contribution in [0.25, 0.3) is 0 Å². The number of piperidine rings is 1. The molecule has 2 saturated heterocycles. The summed E-state index contributed by atoms with van der Waals surface area (Å²) in [6.45, 7) is 11.3. The Bertz CT molecular complexity index is 902. The summed E-state index contributed by atoms with van der Waals surface area (Å²) in [7, 11) is 0. The fourth-order valence-electron chi connectivity index (χ4n) is 4.65. The minimum atomic E-state index is 0.102. The monoisotopic (exact) mass is 477 g/mol. The molecule has 1 aromatic heterocycles. The van der Waals surface area contributed by atoms with Crippen LogP contribution >= 0.6 is 22.9 Å². The topological polar surface area (TPSA) is 54.9 Å². The molecule has 1 aromatic carbocycles. The number of carbonyl (C=O) groups is 1. The van der Waals surface area contributed by atoms with Crippen molar-refractivity contribution in [3.63, 3.8) is 0 Å². The molecule has 2 unspecified atom stereocenters. The zero-order chi connectivity index (χ0) is 22.7. The van der Waals surface area contributed by atoms with E-state index >= 15 is 0 Å². The molecule has 0 spiro atoms. The molecule has 2 aromatic rings. The fraction of sp³-hybridized carbons (Fsp3) is 0.583. The fourth-order valence-corrected chi connectivity index (χ4v) is 5.72. The van der Waals surface area contributed by atoms with Crippen molar-refractivity contribution >= 4 is 28.8 Å². The van der Waals surface area contributed by atoms with Gasteiger partial charge in [0.05, 0.1) is 17.9 Å². The van der Waals surface area contributed by atoms with Gasteiger partial charge in [0.1, 0.15) is 22.2 Å². The molecular formula is C24H32ClN3O3S. The Kier molecular flexibility index (Phi) is 7.71. The molecule has 0 saturated carbocycles. The minimum Gasteiger partial charge on any atom is -0.486 e. The van der Waals surface area contributed by atoms with Crippen LogP contribution in [0.2, 0.25) is 5.02 Å². The van der Waals surface area contributed by atoms with Gasteiger partial charge in [0.25, 0.3) is 5.91 Å². The van der Waals surface area contributed by atoms with Crippen molar-refractivity contribution < 1.29 is 14.3 Å². The lowest BCUT2D eigenvalue weighted by atomic mass is 9.95. The molecule has 2 atom stereocenters. The third-order valence-electron chi connectivity index (χ3n) is 6.12. The highest BCUT2D eigenvalue weighted by Crippen LogP contribution is 2.26. The molecule has 2 fully saturated rings. The number of hydrogen-bond acceptors (Lipinski definition) is 6. The van der Waals surface area contributed by atoms with Crippen molar-refractivity contribution in [1.29, 1.82) is 0 Å². The van der Waals surface area contributed by atoms with E-state index in [1.54, 1.807) is 12.1 Å². The van der Waals surface area contributed by atoms with Gasteiger partial charge in [-0.05, 0) is 63.8 Å². The van der Waals surface area contributed by atoms with Crippen molar-refractivity contribution in [2.75, 3.05) is 32.7 Å². The number of amides is 1. The van der Waals surface area contributed by atoms with E-state index in [4.69, 9.17) is 21.1 Å². The smallest absolute Gasteiger partial charge is 0.265 e. The van der Waals surface area contributed by atoms with E-state index in [9.17, 15) is 4.79 Å². The molecule has 1 amide bonds. The van der Waals surface area contributed by atoms with E-state index in [0.717, 1.165) is 66.9 Å². The van der Waals surface area contributed by atoms with Crippen molar-refractivity contribution in [3.05, 3.63) is 44.9 Å². The molecule has 2 aliphatic heterocycles. The van der Waals surface area contributed by atoms with Crippen molar-refractivity contribution in [2.24, 2.45) is 5.92 Å². The van der Waals surface area contributed by atoms with Crippen molar-refractivity contribution in [1.82, 2.24) is 14.8 Å². The second kappa shape index (κ2) is 10.5. The van der Waals surface area contributed by atoms with E-state index in [2.05, 4.69) is 23.7 Å². The van der Waals surface area contributed by atoms with Crippen LogP contribution < -0.4 is 4.74 Å². The molecule has 32 heavy (non-hydrogen) atoms. The largest absolute Gasteiger partial charge is 0.486 e. The Balaban J connectivity index is 1.28. The van der Waals surface area contributed by atoms with Gasteiger partial charge in [-0.15, -0.1) is 11.3 Å². The van der Waals surface area contributed by atoms with Gasteiger partial charge in [0.2, 0.25) is 0 Å². The van der Waals surface area contributed by atoms with Gasteiger partial charge in [0, 0.05) is 37.7 Å². The van der Waals surface area contributed by atoms with Gasteiger partial charge >= 0.3 is 0 Å². The molecule has 6 nitrogen and oxygen atoms in total. The average Bonchev–Trinajstić information content (AvgIpc) is 3.13. The molecule has 4 rings (SSSR count). The van der Waals surface area contributed by atoms with Gasteiger partial charge in [-0.3, -0.25) is 9.69 Å². The summed E-state index contributed by atoms with van der Waals surface area (Å²) in [6.07, 6.45) is 2.70. The predicted octanol–water partition coefficient (Wildman–Crippen LogP) is 4.65. The first-order chi connectivity index (χ1) is 15.4. The quantitative estimate of drug-likeness (QED) is 0.606. The number of likely N-dealkylation sites (tertiary alicyclic amines) is 1. The van der Waals surface area contributed by atoms with Gasteiger partial charge in [-0.2, -0.15) is 0 Å². The molecular weight excluding hydrogens is 446 g/mol. The normalized spacial score (nSPS) is 22.8. The van der Waals surface area contributed by atoms with Crippen LogP contribution in [0, 0.1) is 12.8 Å². The number of aryl methyl sites for hydroxylation is 1. The molecule has 0 N–H and O–H groups in total. The number of halogens is 1. The average molecular weight is 478 g/mol. The lowest BCUT2D eigenvalue weighted by Gasteiger charge is -2.39. The Morgan fingerprint density at radius 2 is 1.84 bits per heavy atom. The Hall–Kier alpha value is -1.67. The van der Waals surface area contributed by atoms with Crippen LogP contribution in [0.1, 0.15) is 47.1 Å². The van der Waals surface area contributed by atoms with Gasteiger partial charge < -0.3 is 14.4 Å². The number of carbonyl (C=O) groups excluding carboxylic acids is 1. The number of rotatable bonds is 6. The van der Waals surface area contributed by atoms with Gasteiger partial charge in [-0.25, -0.2) is 4.98 Å². The molecule has 3 heterocycles. The number of benzene rings is 1. The van der Waals surface area contributed by atoms with Gasteiger partial charge in [-0.1, -0.05) is 11.6 Å². The van der Waals surface area contributed by atoms with Crippen LogP contribution in [0.3, 0.4) is 0 Å². The first-order valence-electron chi connectivity index (χ1n) is 11.4. The van der Waals surface area contributed by atoms with E-state index < -0.39 is 0 Å². The highest BCUT2D eigenvalue weighted by atomic mass is 35.5. The Labute approximate surface area is 199 Å². The maximum Gasteiger partial charge on any atom is 0.265 e. The second-order valence-electron chi connectivity index (χ2n) is 8.98. The van der Waals surface area contributed by atoms with E-state index in [-0.39, 0.29) is 5.91 Å². The highest BCUT2D eigenvalue weighted by molar-refractivity contribution is 7.13. The van der Waals surface area contributed by atoms with E-state index in [1.165, 1.54) is 11.3 Å². The number of thiazole rings is 1. The molecule has 0 radical (unpaired) electrons. The summed E-state index contributed by atoms with van der Waals surface area (Å²) < 4.78 is 11.6. The Morgan fingerprint density at radius 1 is 1.19 bits per heavy atom. The van der Waals surface area contributed by atoms with Crippen LogP contribution in [0.5, 0.6) is 5.75 Å². The minimum absolute atomic E-state index is 0.102. The highest BCUT2D eigenvalue weighted by Gasteiger charge is 2.29. The molecule has 0 bridgehead atoms. The maximum absolute atomic E-state index is 13.1. The summed E-state index contributed by atoms with van der Waals surface area (Å²) in [5, 5.41) is 1.49. The lowest BCUT2D eigenvalue weighted by molar-refractivity contribution is -0.0728. The third kappa shape index (κ3) is 6.01. The van der Waals surface area contributed by atoms with E-state index in [0.29, 0.717) is 29.8 Å². The first-order valence-corrected chi connectivity index (χ1v) is 12.6. The molecule has 174 valence electrons. The predicted molar refractivity (Wildman–Crippen MR) is 128 cm³/mol. The summed E-state index contributed by atoms with van der Waals surface area (Å²) in [5.41, 5.74) is 0.785. The number of aromatic nitrogens is 1. The first kappa shape index (κ1) is 23.5. The van der Waals surface area contributed by atoms with Crippen LogP contribution in [0.15, 0.2) is 24.3 Å². The molecule has 8 heteroatoms. The number of hydrogen-bond donors (Lipinski definition) is 0. The van der Waals surface area contributed by atoms with Crippen LogP contribution in [-0.4, -0.2) is 65.6 Å². The zero-order valence-corrected chi connectivity index (χ0v) is 20.6. The Morgan fingerprint density at radius 3 is 2.50 bits per heavy atom. The summed E-state index contributed by atoms with van der Waals surface area (Å²) in [4.78, 5) is 23.0. The number of ether oxygens (including phenoxy) is 2. The standard InChI is InChI=1S/C24H32ClN3O3S/c1-16-12-27(13-17(2)31-16)14-19-8-10-28(11-9-19)24(29)23-18(3)26-22(32-23)15-30-21-6-4-20(25)5-7-21/h4-7,16-17,19H,8-15H2,1-3H3. The van der Waals surface area contributed by atoms with E-state index in [1.807, 2.05) is 24.0 Å². The van der Waals surface area contributed by atoms with Crippen molar-refractivity contribution in [2.45, 2.75) is 52.4 Å². The lowest BCUT2D eigenvalue weighted by Crippen LogP contribution is -2.48. The summed E-state index contributed by atoms with van der Waals surface area (Å²) in [5.74, 6) is 1.48. The second-order valence-corrected chi connectivity index (χ2v) is 10.5. The van der Waals surface area contributed by atoms with Crippen LogP contribution in [-0.2, 0) is 11.3 Å². The molecule has 2 aliphatic rings. The summed E-state index contributed by atoms with van der Waals surface area (Å²) in [6, 6.07) is 7.25. The van der Waals surface area contributed by atoms with Gasteiger partial charge in [0.15, 0.2) is 0 Å². The number of morpholine rings is 1.